The number of rotatable bonds is 7. The Kier molecular flexibility index (Phi) is 6.41. The monoisotopic (exact) mass is 390 g/mol. The van der Waals surface area contributed by atoms with Crippen LogP contribution in [0.5, 0.6) is 5.75 Å². The van der Waals surface area contributed by atoms with Crippen LogP contribution in [-0.4, -0.2) is 47.8 Å². The number of ether oxygens (including phenoxy) is 2. The summed E-state index contributed by atoms with van der Waals surface area (Å²) in [4.78, 5) is 28.4. The molecule has 1 amide bonds. The van der Waals surface area contributed by atoms with Crippen molar-refractivity contribution in [3.63, 3.8) is 0 Å². The van der Waals surface area contributed by atoms with Crippen molar-refractivity contribution in [2.75, 3.05) is 19.8 Å². The molecular weight excluding hydrogens is 368 g/mol. The van der Waals surface area contributed by atoms with E-state index in [1.54, 1.807) is 5.38 Å². The van der Waals surface area contributed by atoms with E-state index < -0.39 is 17.9 Å². The lowest BCUT2D eigenvalue weighted by molar-refractivity contribution is -0.142. The number of carboxylic acids is 1. The predicted octanol–water partition coefficient (Wildman–Crippen LogP) is 2.82. The first-order chi connectivity index (χ1) is 13.1. The first-order valence-electron chi connectivity index (χ1n) is 8.88. The summed E-state index contributed by atoms with van der Waals surface area (Å²) >= 11 is 1.34. The van der Waals surface area contributed by atoms with Crippen molar-refractivity contribution in [1.82, 2.24) is 10.3 Å². The molecule has 0 spiro atoms. The maximum atomic E-state index is 12.5. The summed E-state index contributed by atoms with van der Waals surface area (Å²) < 4.78 is 10.8. The fourth-order valence-electron chi connectivity index (χ4n) is 3.00. The fourth-order valence-corrected chi connectivity index (χ4v) is 3.80. The molecule has 27 heavy (non-hydrogen) atoms. The van der Waals surface area contributed by atoms with Crippen molar-refractivity contribution >= 4 is 23.2 Å². The largest absolute Gasteiger partial charge is 0.494 e. The van der Waals surface area contributed by atoms with Gasteiger partial charge in [-0.25, -0.2) is 9.78 Å². The minimum absolute atomic E-state index is 0.215. The SMILES string of the molecule is CCOc1ccc(-c2nc(C(=O)NC(C(=O)O)C3CCCOC3)cs2)cc1. The highest BCUT2D eigenvalue weighted by Crippen LogP contribution is 2.26. The Hall–Kier alpha value is -2.45. The average Bonchev–Trinajstić information content (AvgIpc) is 3.17. The number of aliphatic carboxylic acids is 1. The van der Waals surface area contributed by atoms with E-state index in [1.165, 1.54) is 11.3 Å². The van der Waals surface area contributed by atoms with E-state index in [9.17, 15) is 14.7 Å². The van der Waals surface area contributed by atoms with E-state index >= 15 is 0 Å². The molecule has 1 aliphatic rings. The number of benzene rings is 1. The fraction of sp³-hybridized carbons (Fsp3) is 0.421. The zero-order chi connectivity index (χ0) is 19.2. The topological polar surface area (TPSA) is 97.8 Å². The van der Waals surface area contributed by atoms with Crippen molar-refractivity contribution in [3.8, 4) is 16.3 Å². The van der Waals surface area contributed by atoms with Crippen LogP contribution in [0.25, 0.3) is 10.6 Å². The van der Waals surface area contributed by atoms with Crippen molar-refractivity contribution in [1.29, 1.82) is 0 Å². The lowest BCUT2D eigenvalue weighted by Gasteiger charge is -2.27. The van der Waals surface area contributed by atoms with Gasteiger partial charge in [0.15, 0.2) is 0 Å². The Morgan fingerprint density at radius 2 is 2.19 bits per heavy atom. The van der Waals surface area contributed by atoms with Gasteiger partial charge >= 0.3 is 5.97 Å². The Bertz CT molecular complexity index is 784. The van der Waals surface area contributed by atoms with Crippen molar-refractivity contribution in [2.24, 2.45) is 5.92 Å². The summed E-state index contributed by atoms with van der Waals surface area (Å²) in [6, 6.07) is 6.48. The maximum absolute atomic E-state index is 12.5. The Balaban J connectivity index is 1.69. The molecule has 3 rings (SSSR count). The molecule has 1 aliphatic heterocycles. The molecular formula is C19H22N2O5S. The third kappa shape index (κ3) is 4.84. The molecule has 2 unspecified atom stereocenters. The van der Waals surface area contributed by atoms with Gasteiger partial charge < -0.3 is 19.9 Å². The number of thiazole rings is 1. The minimum Gasteiger partial charge on any atom is -0.494 e. The Morgan fingerprint density at radius 3 is 2.81 bits per heavy atom. The highest BCUT2D eigenvalue weighted by Gasteiger charge is 2.32. The number of nitrogens with zero attached hydrogens (tertiary/aromatic N) is 1. The normalized spacial score (nSPS) is 17.9. The Morgan fingerprint density at radius 1 is 1.41 bits per heavy atom. The smallest absolute Gasteiger partial charge is 0.326 e. The van der Waals surface area contributed by atoms with Gasteiger partial charge in [-0.15, -0.1) is 11.3 Å². The highest BCUT2D eigenvalue weighted by atomic mass is 32.1. The summed E-state index contributed by atoms with van der Waals surface area (Å²) in [6.07, 6.45) is 1.51. The van der Waals surface area contributed by atoms with Crippen LogP contribution >= 0.6 is 11.3 Å². The predicted molar refractivity (Wildman–Crippen MR) is 101 cm³/mol. The second-order valence-corrected chi connectivity index (χ2v) is 7.12. The van der Waals surface area contributed by atoms with Gasteiger partial charge in [0, 0.05) is 23.5 Å². The van der Waals surface area contributed by atoms with Crippen molar-refractivity contribution in [2.45, 2.75) is 25.8 Å². The lowest BCUT2D eigenvalue weighted by Crippen LogP contribution is -2.48. The standard InChI is InChI=1S/C19H22N2O5S/c1-2-26-14-7-5-12(6-8-14)18-20-15(11-27-18)17(22)21-16(19(23)24)13-4-3-9-25-10-13/h5-8,11,13,16H,2-4,9-10H2,1H3,(H,21,22)(H,23,24). The minimum atomic E-state index is -1.05. The molecule has 2 heterocycles. The van der Waals surface area contributed by atoms with Crippen LogP contribution in [0.15, 0.2) is 29.6 Å². The van der Waals surface area contributed by atoms with Crippen molar-refractivity contribution in [3.05, 3.63) is 35.3 Å². The maximum Gasteiger partial charge on any atom is 0.326 e. The van der Waals surface area contributed by atoms with Crippen molar-refractivity contribution < 1.29 is 24.2 Å². The number of hydrogen-bond donors (Lipinski definition) is 2. The van der Waals surface area contributed by atoms with Gasteiger partial charge in [0.25, 0.3) is 5.91 Å². The molecule has 2 N–H and O–H groups in total. The van der Waals surface area contributed by atoms with Crippen LogP contribution in [0, 0.1) is 5.92 Å². The third-order valence-electron chi connectivity index (χ3n) is 4.37. The zero-order valence-corrected chi connectivity index (χ0v) is 15.8. The average molecular weight is 390 g/mol. The van der Waals surface area contributed by atoms with Gasteiger partial charge in [-0.1, -0.05) is 0 Å². The van der Waals surface area contributed by atoms with Gasteiger partial charge in [0.05, 0.1) is 13.2 Å². The summed E-state index contributed by atoms with van der Waals surface area (Å²) in [5.74, 6) is -0.999. The molecule has 0 saturated carbocycles. The van der Waals surface area contributed by atoms with E-state index in [0.29, 0.717) is 31.2 Å². The van der Waals surface area contributed by atoms with Crippen LogP contribution in [0.3, 0.4) is 0 Å². The van der Waals surface area contributed by atoms with E-state index in [2.05, 4.69) is 10.3 Å². The van der Waals surface area contributed by atoms with Gasteiger partial charge in [0.2, 0.25) is 0 Å². The number of carbonyl (C=O) groups is 2. The second-order valence-electron chi connectivity index (χ2n) is 6.26. The second kappa shape index (κ2) is 8.96. The third-order valence-corrected chi connectivity index (χ3v) is 5.26. The molecule has 1 aromatic carbocycles. The number of nitrogens with one attached hydrogen (secondary N) is 1. The molecule has 2 aromatic rings. The summed E-state index contributed by atoms with van der Waals surface area (Å²) in [7, 11) is 0. The van der Waals surface area contributed by atoms with E-state index in [1.807, 2.05) is 31.2 Å². The molecule has 0 radical (unpaired) electrons. The summed E-state index contributed by atoms with van der Waals surface area (Å²) in [5, 5.41) is 14.4. The number of hydrogen-bond acceptors (Lipinski definition) is 6. The molecule has 8 heteroatoms. The number of carboxylic acid groups (broad SMARTS) is 1. The van der Waals surface area contributed by atoms with E-state index in [-0.39, 0.29) is 11.6 Å². The lowest BCUT2D eigenvalue weighted by atomic mass is 9.93. The van der Waals surface area contributed by atoms with Crippen LogP contribution in [0.2, 0.25) is 0 Å². The Labute approximate surface area is 161 Å². The molecule has 144 valence electrons. The molecule has 1 saturated heterocycles. The van der Waals surface area contributed by atoms with Gasteiger partial charge in [-0.3, -0.25) is 4.79 Å². The molecule has 1 aromatic heterocycles. The molecule has 0 bridgehead atoms. The molecule has 1 fully saturated rings. The van der Waals surface area contributed by atoms with Crippen LogP contribution in [0.4, 0.5) is 0 Å². The molecule has 7 nitrogen and oxygen atoms in total. The highest BCUT2D eigenvalue weighted by molar-refractivity contribution is 7.13. The molecule has 0 aliphatic carbocycles. The first kappa shape index (κ1) is 19.3. The quantitative estimate of drug-likeness (QED) is 0.754. The van der Waals surface area contributed by atoms with E-state index in [0.717, 1.165) is 17.7 Å². The summed E-state index contributed by atoms with van der Waals surface area (Å²) in [5.41, 5.74) is 1.09. The first-order valence-corrected chi connectivity index (χ1v) is 9.76. The van der Waals surface area contributed by atoms with Gasteiger partial charge in [0.1, 0.15) is 22.5 Å². The van der Waals surface area contributed by atoms with Crippen LogP contribution in [-0.2, 0) is 9.53 Å². The molecule has 2 atom stereocenters. The summed E-state index contributed by atoms with van der Waals surface area (Å²) in [6.45, 7) is 3.49. The van der Waals surface area contributed by atoms with Gasteiger partial charge in [-0.05, 0) is 44.0 Å². The zero-order valence-electron chi connectivity index (χ0n) is 15.0. The van der Waals surface area contributed by atoms with E-state index in [4.69, 9.17) is 9.47 Å². The number of aromatic nitrogens is 1. The number of carbonyl (C=O) groups excluding carboxylic acids is 1. The van der Waals surface area contributed by atoms with Crippen LogP contribution in [0.1, 0.15) is 30.3 Å². The number of amides is 1. The van der Waals surface area contributed by atoms with Gasteiger partial charge in [-0.2, -0.15) is 0 Å². The van der Waals surface area contributed by atoms with Crippen LogP contribution < -0.4 is 10.1 Å².